The second-order valence-corrected chi connectivity index (χ2v) is 10.7. The summed E-state index contributed by atoms with van der Waals surface area (Å²) in [6.07, 6.45) is 4.29. The zero-order chi connectivity index (χ0) is 22.5. The molecule has 0 saturated carbocycles. The number of carbonyl (C=O) groups excluding carboxylic acids is 2. The van der Waals surface area contributed by atoms with E-state index in [-0.39, 0.29) is 17.2 Å². The molecule has 1 aliphatic rings. The lowest BCUT2D eigenvalue weighted by atomic mass is 9.72. The van der Waals surface area contributed by atoms with Gasteiger partial charge in [0.05, 0.1) is 5.41 Å². The number of nitrogens with one attached hydrogen (secondary N) is 1. The average molecular weight is 439 g/mol. The molecule has 3 rings (SSSR count). The van der Waals surface area contributed by atoms with Crippen molar-refractivity contribution in [3.05, 3.63) is 60.0 Å². The molecule has 0 radical (unpaired) electrons. The molecular formula is C26H34N2O2S. The highest BCUT2D eigenvalue weighted by Crippen LogP contribution is 2.37. The summed E-state index contributed by atoms with van der Waals surface area (Å²) in [5.74, 6) is 0.255. The first-order chi connectivity index (χ1) is 14.7. The Morgan fingerprint density at radius 2 is 1.84 bits per heavy atom. The average Bonchev–Trinajstić information content (AvgIpc) is 3.26. The molecule has 0 spiro atoms. The second kappa shape index (κ2) is 9.82. The Balaban J connectivity index is 1.73. The molecule has 1 N–H and O–H groups in total. The van der Waals surface area contributed by atoms with Crippen molar-refractivity contribution in [1.82, 2.24) is 10.2 Å². The van der Waals surface area contributed by atoms with Gasteiger partial charge in [-0.25, -0.2) is 0 Å². The van der Waals surface area contributed by atoms with Crippen LogP contribution in [0.4, 0.5) is 0 Å². The quantitative estimate of drug-likeness (QED) is 0.596. The molecule has 0 aliphatic carbocycles. The van der Waals surface area contributed by atoms with E-state index in [0.29, 0.717) is 45.3 Å². The van der Waals surface area contributed by atoms with Crippen LogP contribution in [0, 0.1) is 10.8 Å². The van der Waals surface area contributed by atoms with E-state index in [2.05, 4.69) is 74.4 Å². The van der Waals surface area contributed by atoms with Crippen molar-refractivity contribution in [2.75, 3.05) is 19.6 Å². The Morgan fingerprint density at radius 3 is 2.39 bits per heavy atom. The molecule has 31 heavy (non-hydrogen) atoms. The fraction of sp³-hybridized carbons (Fsp3) is 0.462. The van der Waals surface area contributed by atoms with Crippen molar-refractivity contribution in [3.63, 3.8) is 0 Å². The molecule has 0 atom stereocenters. The third kappa shape index (κ3) is 6.07. The number of nitrogens with zero attached hydrogens (tertiary/aromatic N) is 1. The normalized spacial score (nSPS) is 16.0. The number of hydrogen-bond acceptors (Lipinski definition) is 3. The summed E-state index contributed by atoms with van der Waals surface area (Å²) in [6, 6.07) is 12.7. The third-order valence-corrected chi connectivity index (χ3v) is 6.86. The Labute approximate surface area is 190 Å². The number of piperidine rings is 1. The molecule has 0 bridgehead atoms. The number of amides is 2. The first kappa shape index (κ1) is 23.3. The summed E-state index contributed by atoms with van der Waals surface area (Å²) >= 11 is 1.73. The van der Waals surface area contributed by atoms with Crippen LogP contribution in [-0.4, -0.2) is 36.3 Å². The molecule has 2 heterocycles. The number of thiophene rings is 1. The summed E-state index contributed by atoms with van der Waals surface area (Å²) in [7, 11) is 0. The largest absolute Gasteiger partial charge is 0.352 e. The third-order valence-electron chi connectivity index (χ3n) is 5.95. The van der Waals surface area contributed by atoms with Gasteiger partial charge in [0.1, 0.15) is 0 Å². The highest BCUT2D eigenvalue weighted by molar-refractivity contribution is 7.13. The molecule has 2 amide bonds. The monoisotopic (exact) mass is 438 g/mol. The van der Waals surface area contributed by atoms with E-state index in [1.165, 1.54) is 10.4 Å². The fourth-order valence-electron chi connectivity index (χ4n) is 4.21. The summed E-state index contributed by atoms with van der Waals surface area (Å²) in [5.41, 5.74) is 1.83. The minimum Gasteiger partial charge on any atom is -0.352 e. The minimum absolute atomic E-state index is 0.0305. The van der Waals surface area contributed by atoms with Gasteiger partial charge in [0.2, 0.25) is 11.8 Å². The number of benzene rings is 1. The van der Waals surface area contributed by atoms with Crippen LogP contribution in [0.25, 0.3) is 10.4 Å². The number of hydrogen-bond donors (Lipinski definition) is 1. The van der Waals surface area contributed by atoms with Crippen LogP contribution in [0.15, 0.2) is 54.4 Å². The van der Waals surface area contributed by atoms with E-state index in [1.54, 1.807) is 17.4 Å². The van der Waals surface area contributed by atoms with Crippen molar-refractivity contribution in [1.29, 1.82) is 0 Å². The van der Waals surface area contributed by atoms with Gasteiger partial charge in [-0.2, -0.15) is 0 Å². The van der Waals surface area contributed by atoms with Gasteiger partial charge >= 0.3 is 0 Å². The highest BCUT2D eigenvalue weighted by Gasteiger charge is 2.42. The van der Waals surface area contributed by atoms with Crippen LogP contribution in [-0.2, 0) is 16.0 Å². The molecule has 2 aromatic rings. The van der Waals surface area contributed by atoms with Gasteiger partial charge in [-0.3, -0.25) is 9.59 Å². The van der Waals surface area contributed by atoms with Gasteiger partial charge in [0, 0.05) is 30.9 Å². The van der Waals surface area contributed by atoms with Gasteiger partial charge < -0.3 is 10.2 Å². The fourth-order valence-corrected chi connectivity index (χ4v) is 4.94. The lowest BCUT2D eigenvalue weighted by Crippen LogP contribution is -2.51. The van der Waals surface area contributed by atoms with Crippen molar-refractivity contribution < 1.29 is 9.59 Å². The van der Waals surface area contributed by atoms with Crippen molar-refractivity contribution in [2.45, 2.75) is 46.5 Å². The number of rotatable bonds is 7. The molecular weight excluding hydrogens is 404 g/mol. The Morgan fingerprint density at radius 1 is 1.16 bits per heavy atom. The zero-order valence-electron chi connectivity index (χ0n) is 18.9. The van der Waals surface area contributed by atoms with Gasteiger partial charge in [-0.1, -0.05) is 57.2 Å². The highest BCUT2D eigenvalue weighted by atomic mass is 32.1. The smallest absolute Gasteiger partial charge is 0.226 e. The summed E-state index contributed by atoms with van der Waals surface area (Å²) < 4.78 is 0. The minimum atomic E-state index is -0.494. The van der Waals surface area contributed by atoms with Crippen LogP contribution >= 0.6 is 11.3 Å². The van der Waals surface area contributed by atoms with Crippen LogP contribution in [0.2, 0.25) is 0 Å². The van der Waals surface area contributed by atoms with Crippen LogP contribution in [0.5, 0.6) is 0 Å². The maximum atomic E-state index is 13.2. The molecule has 1 saturated heterocycles. The lowest BCUT2D eigenvalue weighted by Gasteiger charge is -2.41. The molecule has 1 fully saturated rings. The van der Waals surface area contributed by atoms with Crippen molar-refractivity contribution >= 4 is 23.2 Å². The Kier molecular flexibility index (Phi) is 7.37. The molecule has 0 unspecified atom stereocenters. The maximum absolute atomic E-state index is 13.2. The molecule has 1 aromatic heterocycles. The van der Waals surface area contributed by atoms with E-state index in [0.717, 1.165) is 5.56 Å². The van der Waals surface area contributed by atoms with Gasteiger partial charge in [-0.15, -0.1) is 17.9 Å². The van der Waals surface area contributed by atoms with Gasteiger partial charge in [-0.05, 0) is 47.3 Å². The number of likely N-dealkylation sites (tertiary alicyclic amines) is 1. The van der Waals surface area contributed by atoms with E-state index in [9.17, 15) is 9.59 Å². The van der Waals surface area contributed by atoms with Crippen LogP contribution < -0.4 is 5.32 Å². The molecule has 5 heteroatoms. The predicted molar refractivity (Wildman–Crippen MR) is 129 cm³/mol. The van der Waals surface area contributed by atoms with Crippen LogP contribution in [0.3, 0.4) is 0 Å². The molecule has 1 aliphatic heterocycles. The van der Waals surface area contributed by atoms with E-state index < -0.39 is 5.41 Å². The first-order valence-corrected chi connectivity index (χ1v) is 11.9. The van der Waals surface area contributed by atoms with E-state index in [1.807, 2.05) is 4.90 Å². The standard InChI is InChI=1S/C26H34N2O2S/c1-5-14-27-24(30)26(12-15-28(16-13-26)23(29)19-25(2,3)4)18-20-8-10-21(11-9-20)22-7-6-17-31-22/h5-11,17H,1,12-16,18-19H2,2-4H3,(H,27,30). The second-order valence-electron chi connectivity index (χ2n) is 9.75. The zero-order valence-corrected chi connectivity index (χ0v) is 19.8. The van der Waals surface area contributed by atoms with Gasteiger partial charge in [0.15, 0.2) is 0 Å². The van der Waals surface area contributed by atoms with Crippen molar-refractivity contribution in [2.24, 2.45) is 10.8 Å². The summed E-state index contributed by atoms with van der Waals surface area (Å²) in [6.45, 7) is 11.7. The maximum Gasteiger partial charge on any atom is 0.226 e. The lowest BCUT2D eigenvalue weighted by molar-refractivity contribution is -0.141. The Hall–Kier alpha value is -2.40. The SMILES string of the molecule is C=CCNC(=O)C1(Cc2ccc(-c3cccs3)cc2)CCN(C(=O)CC(C)(C)C)CC1. The number of carbonyl (C=O) groups is 2. The summed E-state index contributed by atoms with van der Waals surface area (Å²) in [5, 5.41) is 5.10. The Bertz CT molecular complexity index is 886. The first-order valence-electron chi connectivity index (χ1n) is 11.0. The topological polar surface area (TPSA) is 49.4 Å². The van der Waals surface area contributed by atoms with E-state index in [4.69, 9.17) is 0 Å². The van der Waals surface area contributed by atoms with E-state index >= 15 is 0 Å². The van der Waals surface area contributed by atoms with Crippen LogP contribution in [0.1, 0.15) is 45.6 Å². The molecule has 1 aromatic carbocycles. The summed E-state index contributed by atoms with van der Waals surface area (Å²) in [4.78, 5) is 29.1. The molecule has 166 valence electrons. The predicted octanol–water partition coefficient (Wildman–Crippen LogP) is 5.30. The molecule has 4 nitrogen and oxygen atoms in total. The van der Waals surface area contributed by atoms with Crippen molar-refractivity contribution in [3.8, 4) is 10.4 Å². The van der Waals surface area contributed by atoms with Gasteiger partial charge in [0.25, 0.3) is 0 Å².